The van der Waals surface area contributed by atoms with E-state index < -0.39 is 0 Å². The van der Waals surface area contributed by atoms with Crippen LogP contribution in [0.1, 0.15) is 37.6 Å². The van der Waals surface area contributed by atoms with Gasteiger partial charge < -0.3 is 14.6 Å². The fourth-order valence-electron chi connectivity index (χ4n) is 2.51. The third kappa shape index (κ3) is 4.91. The number of pyridine rings is 1. The van der Waals surface area contributed by atoms with E-state index in [-0.39, 0.29) is 12.3 Å². The standard InChI is InChI=1S/C20H22N4O3/c1-13(2)14-4-6-15(7-5-14)20-23-19(27-24-20)11-9-17(25)22-16-8-10-18(26-3)21-12-16/h4-8,10,12-13H,9,11H2,1-3H3,(H,22,25). The van der Waals surface area contributed by atoms with Crippen molar-refractivity contribution in [3.05, 3.63) is 54.0 Å². The van der Waals surface area contributed by atoms with E-state index >= 15 is 0 Å². The summed E-state index contributed by atoms with van der Waals surface area (Å²) in [6, 6.07) is 11.5. The molecule has 27 heavy (non-hydrogen) atoms. The molecule has 0 spiro atoms. The molecule has 140 valence electrons. The van der Waals surface area contributed by atoms with E-state index in [1.807, 2.05) is 12.1 Å². The Hall–Kier alpha value is -3.22. The Morgan fingerprint density at radius 2 is 1.96 bits per heavy atom. The summed E-state index contributed by atoms with van der Waals surface area (Å²) in [7, 11) is 1.54. The fourth-order valence-corrected chi connectivity index (χ4v) is 2.51. The molecule has 0 radical (unpaired) electrons. The number of anilines is 1. The van der Waals surface area contributed by atoms with Gasteiger partial charge in [0, 0.05) is 24.5 Å². The van der Waals surface area contributed by atoms with Gasteiger partial charge in [0.25, 0.3) is 0 Å². The molecule has 0 unspecified atom stereocenters. The Kier molecular flexibility index (Phi) is 5.80. The van der Waals surface area contributed by atoms with Crippen LogP contribution in [0.25, 0.3) is 11.4 Å². The summed E-state index contributed by atoms with van der Waals surface area (Å²) >= 11 is 0. The van der Waals surface area contributed by atoms with Crippen LogP contribution in [-0.2, 0) is 11.2 Å². The summed E-state index contributed by atoms with van der Waals surface area (Å²) < 4.78 is 10.2. The molecule has 1 N–H and O–H groups in total. The number of ether oxygens (including phenoxy) is 1. The maximum atomic E-state index is 12.1. The molecule has 1 amide bonds. The largest absolute Gasteiger partial charge is 0.481 e. The lowest BCUT2D eigenvalue weighted by Gasteiger charge is -2.04. The van der Waals surface area contributed by atoms with Crippen molar-refractivity contribution in [1.29, 1.82) is 0 Å². The Bertz CT molecular complexity index is 886. The van der Waals surface area contributed by atoms with Gasteiger partial charge in [-0.2, -0.15) is 4.98 Å². The van der Waals surface area contributed by atoms with Crippen molar-refractivity contribution in [1.82, 2.24) is 15.1 Å². The van der Waals surface area contributed by atoms with Crippen molar-refractivity contribution in [2.75, 3.05) is 12.4 Å². The van der Waals surface area contributed by atoms with Crippen LogP contribution in [0, 0.1) is 0 Å². The van der Waals surface area contributed by atoms with Crippen molar-refractivity contribution >= 4 is 11.6 Å². The molecular weight excluding hydrogens is 344 g/mol. The number of benzene rings is 1. The fraction of sp³-hybridized carbons (Fsp3) is 0.300. The number of methoxy groups -OCH3 is 1. The number of carbonyl (C=O) groups is 1. The molecule has 1 aromatic carbocycles. The van der Waals surface area contributed by atoms with Crippen molar-refractivity contribution in [2.24, 2.45) is 0 Å². The molecule has 0 aliphatic heterocycles. The monoisotopic (exact) mass is 366 g/mol. The van der Waals surface area contributed by atoms with Crippen LogP contribution in [0.3, 0.4) is 0 Å². The van der Waals surface area contributed by atoms with E-state index in [2.05, 4.69) is 46.4 Å². The van der Waals surface area contributed by atoms with Gasteiger partial charge in [-0.25, -0.2) is 4.98 Å². The molecule has 0 saturated heterocycles. The molecule has 0 saturated carbocycles. The molecule has 0 aliphatic rings. The third-order valence-corrected chi connectivity index (χ3v) is 4.10. The van der Waals surface area contributed by atoms with Gasteiger partial charge in [-0.1, -0.05) is 43.3 Å². The molecule has 7 heteroatoms. The van der Waals surface area contributed by atoms with Crippen LogP contribution in [0.5, 0.6) is 5.88 Å². The van der Waals surface area contributed by atoms with Gasteiger partial charge >= 0.3 is 0 Å². The van der Waals surface area contributed by atoms with Crippen molar-refractivity contribution < 1.29 is 14.1 Å². The van der Waals surface area contributed by atoms with Gasteiger partial charge in [-0.3, -0.25) is 4.79 Å². The summed E-state index contributed by atoms with van der Waals surface area (Å²) in [6.45, 7) is 4.29. The zero-order chi connectivity index (χ0) is 19.2. The molecule has 2 aromatic heterocycles. The lowest BCUT2D eigenvalue weighted by molar-refractivity contribution is -0.116. The molecule has 0 atom stereocenters. The molecular formula is C20H22N4O3. The highest BCUT2D eigenvalue weighted by molar-refractivity contribution is 5.90. The number of aromatic nitrogens is 3. The average molecular weight is 366 g/mol. The second kappa shape index (κ2) is 8.44. The highest BCUT2D eigenvalue weighted by Gasteiger charge is 2.11. The number of rotatable bonds is 7. The number of aryl methyl sites for hydroxylation is 1. The summed E-state index contributed by atoms with van der Waals surface area (Å²) in [4.78, 5) is 20.5. The number of amides is 1. The predicted octanol–water partition coefficient (Wildman–Crippen LogP) is 3.83. The van der Waals surface area contributed by atoms with Gasteiger partial charge in [0.2, 0.25) is 23.5 Å². The second-order valence-electron chi connectivity index (χ2n) is 6.43. The second-order valence-corrected chi connectivity index (χ2v) is 6.43. The molecule has 0 fully saturated rings. The van der Waals surface area contributed by atoms with Gasteiger partial charge in [-0.15, -0.1) is 0 Å². The van der Waals surface area contributed by atoms with Crippen LogP contribution < -0.4 is 10.1 Å². The Morgan fingerprint density at radius 3 is 2.59 bits per heavy atom. The van der Waals surface area contributed by atoms with Gasteiger partial charge in [0.05, 0.1) is 19.0 Å². The topological polar surface area (TPSA) is 90.1 Å². The molecule has 0 bridgehead atoms. The highest BCUT2D eigenvalue weighted by Crippen LogP contribution is 2.21. The minimum Gasteiger partial charge on any atom is -0.481 e. The first-order valence-corrected chi connectivity index (χ1v) is 8.78. The van der Waals surface area contributed by atoms with Gasteiger partial charge in [-0.05, 0) is 17.5 Å². The summed E-state index contributed by atoms with van der Waals surface area (Å²) in [5.74, 6) is 1.77. The van der Waals surface area contributed by atoms with Crippen LogP contribution in [0.15, 0.2) is 47.1 Å². The molecule has 7 nitrogen and oxygen atoms in total. The zero-order valence-electron chi connectivity index (χ0n) is 15.6. The number of hydrogen-bond acceptors (Lipinski definition) is 6. The van der Waals surface area contributed by atoms with Crippen LogP contribution >= 0.6 is 0 Å². The first kappa shape index (κ1) is 18.6. The summed E-state index contributed by atoms with van der Waals surface area (Å²) in [5.41, 5.74) is 2.76. The minimum atomic E-state index is -0.150. The van der Waals surface area contributed by atoms with Crippen LogP contribution in [-0.4, -0.2) is 28.1 Å². The molecule has 3 aromatic rings. The number of carbonyl (C=O) groups excluding carboxylic acids is 1. The number of nitrogens with zero attached hydrogens (tertiary/aromatic N) is 3. The maximum Gasteiger partial charge on any atom is 0.227 e. The molecule has 2 heterocycles. The lowest BCUT2D eigenvalue weighted by atomic mass is 10.0. The first-order valence-electron chi connectivity index (χ1n) is 8.78. The number of hydrogen-bond donors (Lipinski definition) is 1. The Morgan fingerprint density at radius 1 is 1.19 bits per heavy atom. The Labute approximate surface area is 157 Å². The van der Waals surface area contributed by atoms with E-state index in [1.165, 1.54) is 12.7 Å². The highest BCUT2D eigenvalue weighted by atomic mass is 16.5. The average Bonchev–Trinajstić information content (AvgIpc) is 3.16. The molecule has 3 rings (SSSR count). The third-order valence-electron chi connectivity index (χ3n) is 4.10. The Balaban J connectivity index is 1.54. The van der Waals surface area contributed by atoms with Crippen molar-refractivity contribution in [3.8, 4) is 17.3 Å². The zero-order valence-corrected chi connectivity index (χ0v) is 15.6. The van der Waals surface area contributed by atoms with E-state index in [0.717, 1.165) is 5.56 Å². The van der Waals surface area contributed by atoms with Gasteiger partial charge in [0.15, 0.2) is 0 Å². The van der Waals surface area contributed by atoms with Crippen molar-refractivity contribution in [3.63, 3.8) is 0 Å². The predicted molar refractivity (Wildman–Crippen MR) is 102 cm³/mol. The maximum absolute atomic E-state index is 12.1. The quantitative estimate of drug-likeness (QED) is 0.683. The van der Waals surface area contributed by atoms with Crippen LogP contribution in [0.4, 0.5) is 5.69 Å². The summed E-state index contributed by atoms with van der Waals surface area (Å²) in [6.07, 6.45) is 2.15. The van der Waals surface area contributed by atoms with E-state index in [0.29, 0.717) is 35.6 Å². The normalized spacial score (nSPS) is 10.8. The van der Waals surface area contributed by atoms with E-state index in [9.17, 15) is 4.79 Å². The summed E-state index contributed by atoms with van der Waals surface area (Å²) in [5, 5.41) is 6.77. The SMILES string of the molecule is COc1ccc(NC(=O)CCc2nc(-c3ccc(C(C)C)cc3)no2)cn1. The van der Waals surface area contributed by atoms with Crippen LogP contribution in [0.2, 0.25) is 0 Å². The minimum absolute atomic E-state index is 0.150. The van der Waals surface area contributed by atoms with Gasteiger partial charge in [0.1, 0.15) is 0 Å². The van der Waals surface area contributed by atoms with Crippen molar-refractivity contribution in [2.45, 2.75) is 32.6 Å². The van der Waals surface area contributed by atoms with E-state index in [1.54, 1.807) is 18.3 Å². The lowest BCUT2D eigenvalue weighted by Crippen LogP contribution is -2.12. The first-order chi connectivity index (χ1) is 13.0. The smallest absolute Gasteiger partial charge is 0.227 e. The van der Waals surface area contributed by atoms with E-state index in [4.69, 9.17) is 9.26 Å². The molecule has 0 aliphatic carbocycles. The number of nitrogens with one attached hydrogen (secondary N) is 1.